The number of fused-ring (bicyclic) bond motifs is 1. The SMILES string of the molecule is CCOc1ccc2c(c1)C(C(C)C)NCC2C. The second-order valence-electron chi connectivity index (χ2n) is 5.25. The van der Waals surface area contributed by atoms with E-state index < -0.39 is 0 Å². The number of benzene rings is 1. The van der Waals surface area contributed by atoms with Crippen LogP contribution < -0.4 is 10.1 Å². The van der Waals surface area contributed by atoms with E-state index in [9.17, 15) is 0 Å². The third kappa shape index (κ3) is 2.47. The molecule has 2 atom stereocenters. The van der Waals surface area contributed by atoms with Crippen LogP contribution in [0.3, 0.4) is 0 Å². The summed E-state index contributed by atoms with van der Waals surface area (Å²) in [7, 11) is 0. The van der Waals surface area contributed by atoms with Gasteiger partial charge in [-0.3, -0.25) is 0 Å². The molecule has 1 aliphatic heterocycles. The van der Waals surface area contributed by atoms with E-state index in [0.29, 0.717) is 17.9 Å². The third-order valence-electron chi connectivity index (χ3n) is 3.55. The highest BCUT2D eigenvalue weighted by molar-refractivity contribution is 5.41. The summed E-state index contributed by atoms with van der Waals surface area (Å²) in [6.07, 6.45) is 0. The fraction of sp³-hybridized carbons (Fsp3) is 0.600. The maximum absolute atomic E-state index is 5.61. The molecule has 17 heavy (non-hydrogen) atoms. The number of nitrogens with one attached hydrogen (secondary N) is 1. The summed E-state index contributed by atoms with van der Waals surface area (Å²) in [4.78, 5) is 0. The fourth-order valence-electron chi connectivity index (χ4n) is 2.65. The van der Waals surface area contributed by atoms with Gasteiger partial charge in [-0.2, -0.15) is 0 Å². The van der Waals surface area contributed by atoms with Crippen LogP contribution >= 0.6 is 0 Å². The molecule has 94 valence electrons. The highest BCUT2D eigenvalue weighted by Gasteiger charge is 2.26. The summed E-state index contributed by atoms with van der Waals surface area (Å²) in [6, 6.07) is 7.01. The summed E-state index contributed by atoms with van der Waals surface area (Å²) < 4.78 is 5.61. The van der Waals surface area contributed by atoms with Crippen LogP contribution in [0, 0.1) is 5.92 Å². The van der Waals surface area contributed by atoms with Gasteiger partial charge >= 0.3 is 0 Å². The second kappa shape index (κ2) is 5.09. The maximum Gasteiger partial charge on any atom is 0.119 e. The first-order valence-electron chi connectivity index (χ1n) is 6.63. The van der Waals surface area contributed by atoms with Gasteiger partial charge in [0.15, 0.2) is 0 Å². The van der Waals surface area contributed by atoms with Crippen molar-refractivity contribution in [1.82, 2.24) is 5.32 Å². The Balaban J connectivity index is 2.39. The van der Waals surface area contributed by atoms with Crippen LogP contribution in [0.25, 0.3) is 0 Å². The number of rotatable bonds is 3. The Morgan fingerprint density at radius 2 is 2.12 bits per heavy atom. The molecule has 0 amide bonds. The van der Waals surface area contributed by atoms with Crippen molar-refractivity contribution >= 4 is 0 Å². The molecule has 1 aromatic rings. The highest BCUT2D eigenvalue weighted by atomic mass is 16.5. The lowest BCUT2D eigenvalue weighted by molar-refractivity contribution is 0.334. The van der Waals surface area contributed by atoms with Gasteiger partial charge in [0.2, 0.25) is 0 Å². The normalized spacial score (nSPS) is 23.6. The van der Waals surface area contributed by atoms with Crippen LogP contribution in [0.4, 0.5) is 0 Å². The number of hydrogen-bond donors (Lipinski definition) is 1. The molecule has 1 N–H and O–H groups in total. The van der Waals surface area contributed by atoms with E-state index in [4.69, 9.17) is 4.74 Å². The molecule has 1 aromatic carbocycles. The molecule has 1 aliphatic rings. The summed E-state index contributed by atoms with van der Waals surface area (Å²) in [5.74, 6) is 2.20. The van der Waals surface area contributed by atoms with Gasteiger partial charge in [-0.15, -0.1) is 0 Å². The lowest BCUT2D eigenvalue weighted by atomic mass is 9.83. The van der Waals surface area contributed by atoms with Crippen molar-refractivity contribution in [3.05, 3.63) is 29.3 Å². The van der Waals surface area contributed by atoms with Crippen LogP contribution in [0.2, 0.25) is 0 Å². The molecule has 0 radical (unpaired) electrons. The van der Waals surface area contributed by atoms with Gasteiger partial charge in [0.25, 0.3) is 0 Å². The molecule has 0 fully saturated rings. The maximum atomic E-state index is 5.61. The Morgan fingerprint density at radius 1 is 1.35 bits per heavy atom. The number of hydrogen-bond acceptors (Lipinski definition) is 2. The van der Waals surface area contributed by atoms with Gasteiger partial charge < -0.3 is 10.1 Å². The van der Waals surface area contributed by atoms with Crippen LogP contribution in [-0.2, 0) is 0 Å². The largest absolute Gasteiger partial charge is 0.494 e. The van der Waals surface area contributed by atoms with Gasteiger partial charge in [0.1, 0.15) is 5.75 Å². The minimum Gasteiger partial charge on any atom is -0.494 e. The molecule has 1 heterocycles. The zero-order chi connectivity index (χ0) is 12.4. The first-order valence-corrected chi connectivity index (χ1v) is 6.63. The smallest absolute Gasteiger partial charge is 0.119 e. The zero-order valence-electron chi connectivity index (χ0n) is 11.3. The molecule has 0 aromatic heterocycles. The lowest BCUT2D eigenvalue weighted by Crippen LogP contribution is -2.34. The van der Waals surface area contributed by atoms with E-state index >= 15 is 0 Å². The minimum atomic E-state index is 0.460. The van der Waals surface area contributed by atoms with Crippen molar-refractivity contribution in [3.8, 4) is 5.75 Å². The van der Waals surface area contributed by atoms with Gasteiger partial charge in [0, 0.05) is 12.6 Å². The molecule has 2 rings (SSSR count). The molecule has 0 saturated carbocycles. The average molecular weight is 233 g/mol. The van der Waals surface area contributed by atoms with E-state index in [2.05, 4.69) is 44.3 Å². The molecular weight excluding hydrogens is 210 g/mol. The van der Waals surface area contributed by atoms with Crippen LogP contribution in [0.15, 0.2) is 18.2 Å². The zero-order valence-corrected chi connectivity index (χ0v) is 11.3. The quantitative estimate of drug-likeness (QED) is 0.863. The number of ether oxygens (including phenoxy) is 1. The van der Waals surface area contributed by atoms with Gasteiger partial charge in [-0.25, -0.2) is 0 Å². The Hall–Kier alpha value is -1.02. The summed E-state index contributed by atoms with van der Waals surface area (Å²) in [6.45, 7) is 10.6. The van der Waals surface area contributed by atoms with E-state index in [1.54, 1.807) is 0 Å². The van der Waals surface area contributed by atoms with Crippen LogP contribution in [-0.4, -0.2) is 13.2 Å². The van der Waals surface area contributed by atoms with Crippen LogP contribution in [0.5, 0.6) is 5.75 Å². The third-order valence-corrected chi connectivity index (χ3v) is 3.55. The van der Waals surface area contributed by atoms with Gasteiger partial charge in [0.05, 0.1) is 6.61 Å². The topological polar surface area (TPSA) is 21.3 Å². The molecule has 0 aliphatic carbocycles. The van der Waals surface area contributed by atoms with E-state index in [1.807, 2.05) is 6.92 Å². The second-order valence-corrected chi connectivity index (χ2v) is 5.25. The monoisotopic (exact) mass is 233 g/mol. The van der Waals surface area contributed by atoms with Crippen LogP contribution in [0.1, 0.15) is 50.8 Å². The van der Waals surface area contributed by atoms with Gasteiger partial charge in [-0.05, 0) is 42.0 Å². The fourth-order valence-corrected chi connectivity index (χ4v) is 2.65. The van der Waals surface area contributed by atoms with E-state index in [1.165, 1.54) is 11.1 Å². The molecule has 0 spiro atoms. The standard InChI is InChI=1S/C15H23NO/c1-5-17-12-6-7-13-11(4)9-16-15(10(2)3)14(13)8-12/h6-8,10-11,15-16H,5,9H2,1-4H3. The molecular formula is C15H23NO. The average Bonchev–Trinajstić information content (AvgIpc) is 2.29. The Labute approximate surface area is 104 Å². The minimum absolute atomic E-state index is 0.460. The molecule has 0 saturated heterocycles. The van der Waals surface area contributed by atoms with Crippen molar-refractivity contribution < 1.29 is 4.74 Å². The summed E-state index contributed by atoms with van der Waals surface area (Å²) in [5, 5.41) is 3.64. The predicted octanol–water partition coefficient (Wildman–Crippen LogP) is 3.49. The molecule has 2 nitrogen and oxygen atoms in total. The molecule has 2 heteroatoms. The molecule has 0 bridgehead atoms. The summed E-state index contributed by atoms with van der Waals surface area (Å²) >= 11 is 0. The summed E-state index contributed by atoms with van der Waals surface area (Å²) in [5.41, 5.74) is 2.90. The lowest BCUT2D eigenvalue weighted by Gasteiger charge is -2.33. The van der Waals surface area contributed by atoms with Crippen molar-refractivity contribution in [3.63, 3.8) is 0 Å². The van der Waals surface area contributed by atoms with Crippen molar-refractivity contribution in [2.24, 2.45) is 5.92 Å². The predicted molar refractivity (Wildman–Crippen MR) is 71.6 cm³/mol. The first-order chi connectivity index (χ1) is 8.13. The first kappa shape index (κ1) is 12.4. The van der Waals surface area contributed by atoms with Crippen molar-refractivity contribution in [2.75, 3.05) is 13.2 Å². The van der Waals surface area contributed by atoms with Gasteiger partial charge in [-0.1, -0.05) is 26.8 Å². The van der Waals surface area contributed by atoms with Crippen molar-refractivity contribution in [2.45, 2.75) is 39.7 Å². The Kier molecular flexibility index (Phi) is 3.72. The van der Waals surface area contributed by atoms with E-state index in [0.717, 1.165) is 18.9 Å². The highest BCUT2D eigenvalue weighted by Crippen LogP contribution is 2.35. The van der Waals surface area contributed by atoms with Crippen molar-refractivity contribution in [1.29, 1.82) is 0 Å². The Bertz CT molecular complexity index is 387. The molecule has 2 unspecified atom stereocenters. The Morgan fingerprint density at radius 3 is 2.76 bits per heavy atom. The van der Waals surface area contributed by atoms with E-state index in [-0.39, 0.29) is 0 Å².